The first kappa shape index (κ1) is 19.8. The second kappa shape index (κ2) is 8.07. The van der Waals surface area contributed by atoms with E-state index in [1.165, 1.54) is 12.1 Å². The molecule has 156 valence electrons. The standard InChI is InChI=1S/C20H21N5O5/c1-13-3-8-17(29-13)20(26)24-11-9-23(10-12-24)14(2)18-21-22-19(30-18)15-4-6-16(7-5-15)25(27)28/h3-8,14H,9-12H2,1-2H3. The molecule has 2 aromatic heterocycles. The van der Waals surface area contributed by atoms with Crippen molar-refractivity contribution in [1.82, 2.24) is 20.0 Å². The molecule has 3 aromatic rings. The number of piperazine rings is 1. The number of hydrogen-bond acceptors (Lipinski definition) is 8. The van der Waals surface area contributed by atoms with E-state index in [1.54, 1.807) is 29.2 Å². The Balaban J connectivity index is 1.38. The number of carbonyl (C=O) groups excluding carboxylic acids is 1. The van der Waals surface area contributed by atoms with Crippen molar-refractivity contribution >= 4 is 11.6 Å². The third-order valence-electron chi connectivity index (χ3n) is 5.22. The predicted molar refractivity (Wildman–Crippen MR) is 106 cm³/mol. The minimum atomic E-state index is -0.456. The molecule has 0 spiro atoms. The van der Waals surface area contributed by atoms with E-state index < -0.39 is 4.92 Å². The average Bonchev–Trinajstić information content (AvgIpc) is 3.42. The van der Waals surface area contributed by atoms with Gasteiger partial charge in [0.15, 0.2) is 5.76 Å². The average molecular weight is 411 g/mol. The van der Waals surface area contributed by atoms with Crippen LogP contribution in [0.4, 0.5) is 5.69 Å². The number of nitrogens with zero attached hydrogens (tertiary/aromatic N) is 5. The summed E-state index contributed by atoms with van der Waals surface area (Å²) in [4.78, 5) is 26.8. The number of non-ortho nitro benzene ring substituents is 1. The molecule has 10 nitrogen and oxygen atoms in total. The summed E-state index contributed by atoms with van der Waals surface area (Å²) >= 11 is 0. The van der Waals surface area contributed by atoms with Crippen molar-refractivity contribution in [2.24, 2.45) is 0 Å². The molecular formula is C20H21N5O5. The fraction of sp³-hybridized carbons (Fsp3) is 0.350. The van der Waals surface area contributed by atoms with Gasteiger partial charge in [0.25, 0.3) is 11.6 Å². The minimum absolute atomic E-state index is 0.00369. The van der Waals surface area contributed by atoms with Gasteiger partial charge >= 0.3 is 0 Å². The van der Waals surface area contributed by atoms with Crippen LogP contribution in [0.15, 0.2) is 45.2 Å². The van der Waals surface area contributed by atoms with Gasteiger partial charge in [-0.3, -0.25) is 19.8 Å². The monoisotopic (exact) mass is 411 g/mol. The summed E-state index contributed by atoms with van der Waals surface area (Å²) < 4.78 is 11.2. The van der Waals surface area contributed by atoms with E-state index in [4.69, 9.17) is 8.83 Å². The first-order valence-electron chi connectivity index (χ1n) is 9.60. The second-order valence-electron chi connectivity index (χ2n) is 7.16. The number of rotatable bonds is 5. The van der Waals surface area contributed by atoms with E-state index in [0.29, 0.717) is 55.0 Å². The number of amides is 1. The Bertz CT molecular complexity index is 1050. The molecule has 0 aliphatic carbocycles. The SMILES string of the molecule is Cc1ccc(C(=O)N2CCN(C(C)c3nnc(-c4ccc([N+](=O)[O-])cc4)o3)CC2)o1. The molecular weight excluding hydrogens is 390 g/mol. The van der Waals surface area contributed by atoms with Crippen molar-refractivity contribution in [3.63, 3.8) is 0 Å². The van der Waals surface area contributed by atoms with Crippen molar-refractivity contribution in [3.05, 3.63) is 63.9 Å². The van der Waals surface area contributed by atoms with Crippen molar-refractivity contribution in [1.29, 1.82) is 0 Å². The fourth-order valence-corrected chi connectivity index (χ4v) is 3.42. The van der Waals surface area contributed by atoms with Crippen LogP contribution in [-0.2, 0) is 0 Å². The Hall–Kier alpha value is -3.53. The molecule has 0 radical (unpaired) electrons. The van der Waals surface area contributed by atoms with Gasteiger partial charge in [-0.2, -0.15) is 0 Å². The van der Waals surface area contributed by atoms with Crippen LogP contribution in [0, 0.1) is 17.0 Å². The summed E-state index contributed by atoms with van der Waals surface area (Å²) in [7, 11) is 0. The first-order chi connectivity index (χ1) is 14.4. The number of aromatic nitrogens is 2. The zero-order valence-electron chi connectivity index (χ0n) is 16.6. The third-order valence-corrected chi connectivity index (χ3v) is 5.22. The highest BCUT2D eigenvalue weighted by Crippen LogP contribution is 2.26. The van der Waals surface area contributed by atoms with E-state index >= 15 is 0 Å². The topological polar surface area (TPSA) is 119 Å². The maximum absolute atomic E-state index is 12.5. The molecule has 0 saturated carbocycles. The minimum Gasteiger partial charge on any atom is -0.456 e. The van der Waals surface area contributed by atoms with Crippen molar-refractivity contribution in [2.45, 2.75) is 19.9 Å². The number of furan rings is 1. The van der Waals surface area contributed by atoms with Crippen LogP contribution in [0.2, 0.25) is 0 Å². The van der Waals surface area contributed by atoms with Gasteiger partial charge in [0.05, 0.1) is 11.0 Å². The molecule has 30 heavy (non-hydrogen) atoms. The Morgan fingerprint density at radius 2 is 1.77 bits per heavy atom. The van der Waals surface area contributed by atoms with E-state index in [1.807, 2.05) is 13.8 Å². The highest BCUT2D eigenvalue weighted by atomic mass is 16.6. The zero-order valence-corrected chi connectivity index (χ0v) is 16.6. The molecule has 0 N–H and O–H groups in total. The number of benzene rings is 1. The third kappa shape index (κ3) is 3.94. The number of nitro benzene ring substituents is 1. The Morgan fingerprint density at radius 3 is 2.37 bits per heavy atom. The lowest BCUT2D eigenvalue weighted by Crippen LogP contribution is -2.49. The Morgan fingerprint density at radius 1 is 1.07 bits per heavy atom. The fourth-order valence-electron chi connectivity index (χ4n) is 3.42. The number of nitro groups is 1. The van der Waals surface area contributed by atoms with Crippen LogP contribution in [0.1, 0.15) is 35.2 Å². The van der Waals surface area contributed by atoms with Crippen LogP contribution in [0.25, 0.3) is 11.5 Å². The smallest absolute Gasteiger partial charge is 0.289 e. The summed E-state index contributed by atoms with van der Waals surface area (Å²) in [6.07, 6.45) is 0. The summed E-state index contributed by atoms with van der Waals surface area (Å²) in [5.41, 5.74) is 0.625. The Kier molecular flexibility index (Phi) is 5.32. The molecule has 1 unspecified atom stereocenters. The largest absolute Gasteiger partial charge is 0.456 e. The van der Waals surface area contributed by atoms with Gasteiger partial charge in [-0.25, -0.2) is 0 Å². The van der Waals surface area contributed by atoms with Crippen molar-refractivity contribution < 1.29 is 18.6 Å². The van der Waals surface area contributed by atoms with Gasteiger partial charge in [0.1, 0.15) is 5.76 Å². The van der Waals surface area contributed by atoms with E-state index in [-0.39, 0.29) is 17.6 Å². The summed E-state index contributed by atoms with van der Waals surface area (Å²) in [5, 5.41) is 19.0. The van der Waals surface area contributed by atoms with E-state index in [2.05, 4.69) is 15.1 Å². The lowest BCUT2D eigenvalue weighted by atomic mass is 10.2. The van der Waals surface area contributed by atoms with Gasteiger partial charge in [-0.1, -0.05) is 0 Å². The maximum atomic E-state index is 12.5. The van der Waals surface area contributed by atoms with Gasteiger partial charge in [0.2, 0.25) is 11.8 Å². The van der Waals surface area contributed by atoms with Gasteiger partial charge in [-0.05, 0) is 38.1 Å². The van der Waals surface area contributed by atoms with Crippen molar-refractivity contribution in [2.75, 3.05) is 26.2 Å². The van der Waals surface area contributed by atoms with Crippen molar-refractivity contribution in [3.8, 4) is 11.5 Å². The molecule has 0 bridgehead atoms. The highest BCUT2D eigenvalue weighted by Gasteiger charge is 2.29. The molecule has 1 aromatic carbocycles. The first-order valence-corrected chi connectivity index (χ1v) is 9.60. The van der Waals surface area contributed by atoms with Crippen LogP contribution in [-0.4, -0.2) is 57.0 Å². The number of aryl methyl sites for hydroxylation is 1. The molecule has 4 rings (SSSR count). The number of hydrogen-bond donors (Lipinski definition) is 0. The lowest BCUT2D eigenvalue weighted by Gasteiger charge is -2.36. The number of carbonyl (C=O) groups is 1. The molecule has 1 aliphatic rings. The lowest BCUT2D eigenvalue weighted by molar-refractivity contribution is -0.384. The maximum Gasteiger partial charge on any atom is 0.289 e. The van der Waals surface area contributed by atoms with E-state index in [9.17, 15) is 14.9 Å². The molecule has 10 heteroatoms. The quantitative estimate of drug-likeness (QED) is 0.464. The molecule has 1 amide bonds. The van der Waals surface area contributed by atoms with Crippen LogP contribution in [0.3, 0.4) is 0 Å². The Labute approximate surface area is 172 Å². The van der Waals surface area contributed by atoms with Gasteiger partial charge in [0, 0.05) is 43.9 Å². The summed E-state index contributed by atoms with van der Waals surface area (Å²) in [6.45, 7) is 6.27. The van der Waals surface area contributed by atoms with E-state index in [0.717, 1.165) is 0 Å². The second-order valence-corrected chi connectivity index (χ2v) is 7.16. The molecule has 1 aliphatic heterocycles. The van der Waals surface area contributed by atoms with Crippen LogP contribution in [0.5, 0.6) is 0 Å². The molecule has 1 saturated heterocycles. The van der Waals surface area contributed by atoms with Crippen LogP contribution >= 0.6 is 0 Å². The molecule has 3 heterocycles. The molecule has 1 fully saturated rings. The summed E-state index contributed by atoms with van der Waals surface area (Å²) in [6, 6.07) is 9.34. The van der Waals surface area contributed by atoms with Crippen LogP contribution < -0.4 is 0 Å². The van der Waals surface area contributed by atoms with Gasteiger partial charge in [-0.15, -0.1) is 10.2 Å². The zero-order chi connectivity index (χ0) is 21.3. The summed E-state index contributed by atoms with van der Waals surface area (Å²) in [5.74, 6) is 1.75. The predicted octanol–water partition coefficient (Wildman–Crippen LogP) is 3.07. The highest BCUT2D eigenvalue weighted by molar-refractivity contribution is 5.91. The normalized spacial score (nSPS) is 15.9. The van der Waals surface area contributed by atoms with Gasteiger partial charge < -0.3 is 13.7 Å². The molecule has 1 atom stereocenters.